The molecule has 0 saturated carbocycles. The third-order valence-electron chi connectivity index (χ3n) is 4.06. The van der Waals surface area contributed by atoms with Crippen molar-refractivity contribution in [3.05, 3.63) is 57.5 Å². The Kier molecular flexibility index (Phi) is 3.35. The first-order chi connectivity index (χ1) is 11.5. The predicted octanol–water partition coefficient (Wildman–Crippen LogP) is 3.67. The lowest BCUT2D eigenvalue weighted by atomic mass is 10.0. The van der Waals surface area contributed by atoms with E-state index in [0.29, 0.717) is 11.2 Å². The van der Waals surface area contributed by atoms with Gasteiger partial charge in [0.25, 0.3) is 5.56 Å². The highest BCUT2D eigenvalue weighted by Crippen LogP contribution is 2.36. The van der Waals surface area contributed by atoms with E-state index in [2.05, 4.69) is 46.3 Å². The number of aromatic amines is 1. The van der Waals surface area contributed by atoms with E-state index in [4.69, 9.17) is 0 Å². The van der Waals surface area contributed by atoms with Gasteiger partial charge in [-0.1, -0.05) is 29.8 Å². The molecule has 0 spiro atoms. The third kappa shape index (κ3) is 2.35. The zero-order valence-corrected chi connectivity index (χ0v) is 14.4. The number of nitrogens with one attached hydrogen (secondary N) is 1. The highest BCUT2D eigenvalue weighted by Gasteiger charge is 2.17. The Morgan fingerprint density at radius 3 is 2.54 bits per heavy atom. The van der Waals surface area contributed by atoms with E-state index in [1.54, 1.807) is 22.2 Å². The molecule has 0 aliphatic heterocycles. The molecule has 0 atom stereocenters. The summed E-state index contributed by atoms with van der Waals surface area (Å²) in [5.74, 6) is 0.553. The lowest BCUT2D eigenvalue weighted by molar-refractivity contribution is 0.768. The van der Waals surface area contributed by atoms with Crippen LogP contribution in [0.25, 0.3) is 32.7 Å². The standard InChI is InChI=1S/C18H16N4OS/c1-10-4-6-12(7-5-10)14-11(2)24-18-15(14)17(23)20-16(21-18)13-8-19-22(3)9-13/h4-9H,1-3H3,(H,20,21,23). The number of benzene rings is 1. The molecule has 6 heteroatoms. The van der Waals surface area contributed by atoms with Gasteiger partial charge in [0.05, 0.1) is 17.1 Å². The zero-order valence-electron chi connectivity index (χ0n) is 13.6. The summed E-state index contributed by atoms with van der Waals surface area (Å²) in [7, 11) is 1.84. The minimum Gasteiger partial charge on any atom is -0.306 e. The van der Waals surface area contributed by atoms with Crippen molar-refractivity contribution < 1.29 is 0 Å². The van der Waals surface area contributed by atoms with E-state index >= 15 is 0 Å². The van der Waals surface area contributed by atoms with E-state index in [1.807, 2.05) is 20.2 Å². The summed E-state index contributed by atoms with van der Waals surface area (Å²) >= 11 is 1.55. The molecule has 0 amide bonds. The van der Waals surface area contributed by atoms with Gasteiger partial charge >= 0.3 is 0 Å². The lowest BCUT2D eigenvalue weighted by Crippen LogP contribution is -2.08. The van der Waals surface area contributed by atoms with Crippen LogP contribution in [-0.4, -0.2) is 19.7 Å². The van der Waals surface area contributed by atoms with Crippen molar-refractivity contribution in [3.63, 3.8) is 0 Å². The van der Waals surface area contributed by atoms with Crippen LogP contribution in [0, 0.1) is 13.8 Å². The molecule has 24 heavy (non-hydrogen) atoms. The van der Waals surface area contributed by atoms with Crippen LogP contribution in [0.1, 0.15) is 10.4 Å². The molecular weight excluding hydrogens is 320 g/mol. The van der Waals surface area contributed by atoms with Gasteiger partial charge in [-0.15, -0.1) is 11.3 Å². The Bertz CT molecular complexity index is 1100. The Morgan fingerprint density at radius 1 is 1.12 bits per heavy atom. The molecule has 5 nitrogen and oxygen atoms in total. The second-order valence-electron chi connectivity index (χ2n) is 5.90. The highest BCUT2D eigenvalue weighted by molar-refractivity contribution is 7.19. The van der Waals surface area contributed by atoms with Gasteiger partial charge in [-0.2, -0.15) is 5.10 Å². The highest BCUT2D eigenvalue weighted by atomic mass is 32.1. The smallest absolute Gasteiger partial charge is 0.260 e. The summed E-state index contributed by atoms with van der Waals surface area (Å²) in [5, 5.41) is 4.80. The predicted molar refractivity (Wildman–Crippen MR) is 97.4 cm³/mol. The zero-order chi connectivity index (χ0) is 16.8. The average molecular weight is 336 g/mol. The maximum absolute atomic E-state index is 12.7. The van der Waals surface area contributed by atoms with Crippen molar-refractivity contribution in [2.24, 2.45) is 7.05 Å². The Hall–Kier alpha value is -2.73. The van der Waals surface area contributed by atoms with Gasteiger partial charge in [-0.05, 0) is 19.4 Å². The molecule has 0 aliphatic rings. The number of nitrogens with zero attached hydrogens (tertiary/aromatic N) is 3. The quantitative estimate of drug-likeness (QED) is 0.607. The van der Waals surface area contributed by atoms with Crippen molar-refractivity contribution in [2.45, 2.75) is 13.8 Å². The van der Waals surface area contributed by atoms with E-state index in [9.17, 15) is 4.79 Å². The molecule has 0 bridgehead atoms. The maximum atomic E-state index is 12.7. The topological polar surface area (TPSA) is 63.6 Å². The van der Waals surface area contributed by atoms with E-state index in [1.165, 1.54) is 5.56 Å². The molecule has 4 rings (SSSR count). The van der Waals surface area contributed by atoms with Crippen LogP contribution in [0.15, 0.2) is 41.5 Å². The number of rotatable bonds is 2. The first-order valence-electron chi connectivity index (χ1n) is 7.62. The minimum atomic E-state index is -0.112. The van der Waals surface area contributed by atoms with Crippen LogP contribution < -0.4 is 5.56 Å². The van der Waals surface area contributed by atoms with Crippen LogP contribution >= 0.6 is 11.3 Å². The van der Waals surface area contributed by atoms with Gasteiger partial charge in [-0.3, -0.25) is 9.48 Å². The first kappa shape index (κ1) is 14.8. The molecule has 0 aliphatic carbocycles. The summed E-state index contributed by atoms with van der Waals surface area (Å²) in [6.07, 6.45) is 3.54. The summed E-state index contributed by atoms with van der Waals surface area (Å²) in [6.45, 7) is 4.08. The number of aromatic nitrogens is 4. The molecule has 0 radical (unpaired) electrons. The summed E-state index contributed by atoms with van der Waals surface area (Å²) in [4.78, 5) is 22.1. The van der Waals surface area contributed by atoms with Crippen molar-refractivity contribution in [3.8, 4) is 22.5 Å². The fourth-order valence-electron chi connectivity index (χ4n) is 2.87. The number of thiophene rings is 1. The van der Waals surface area contributed by atoms with Crippen LogP contribution in [0.3, 0.4) is 0 Å². The molecular formula is C18H16N4OS. The molecule has 3 heterocycles. The number of aryl methyl sites for hydroxylation is 3. The average Bonchev–Trinajstić information content (AvgIpc) is 3.11. The lowest BCUT2D eigenvalue weighted by Gasteiger charge is -2.03. The van der Waals surface area contributed by atoms with Crippen molar-refractivity contribution >= 4 is 21.6 Å². The summed E-state index contributed by atoms with van der Waals surface area (Å²) < 4.78 is 1.69. The van der Waals surface area contributed by atoms with Crippen LogP contribution in [0.2, 0.25) is 0 Å². The van der Waals surface area contributed by atoms with Gasteiger partial charge in [0.1, 0.15) is 10.7 Å². The first-order valence-corrected chi connectivity index (χ1v) is 8.44. The minimum absolute atomic E-state index is 0.112. The Labute approximate surface area is 142 Å². The summed E-state index contributed by atoms with van der Waals surface area (Å²) in [5.41, 5.74) is 3.91. The van der Waals surface area contributed by atoms with Gasteiger partial charge < -0.3 is 4.98 Å². The van der Waals surface area contributed by atoms with E-state index in [-0.39, 0.29) is 5.56 Å². The van der Waals surface area contributed by atoms with Crippen LogP contribution in [0.4, 0.5) is 0 Å². The molecule has 3 aromatic heterocycles. The molecule has 0 fully saturated rings. The number of H-pyrrole nitrogens is 1. The fraction of sp³-hybridized carbons (Fsp3) is 0.167. The number of hydrogen-bond donors (Lipinski definition) is 1. The second kappa shape index (κ2) is 5.42. The monoisotopic (exact) mass is 336 g/mol. The van der Waals surface area contributed by atoms with Gasteiger partial charge in [0.2, 0.25) is 0 Å². The van der Waals surface area contributed by atoms with Crippen LogP contribution in [-0.2, 0) is 7.05 Å². The molecule has 0 saturated heterocycles. The van der Waals surface area contributed by atoms with Crippen molar-refractivity contribution in [1.82, 2.24) is 19.7 Å². The van der Waals surface area contributed by atoms with Gasteiger partial charge in [0.15, 0.2) is 0 Å². The third-order valence-corrected chi connectivity index (χ3v) is 5.06. The van der Waals surface area contributed by atoms with Gasteiger partial charge in [-0.25, -0.2) is 4.98 Å². The maximum Gasteiger partial charge on any atom is 0.260 e. The Balaban J connectivity index is 1.96. The van der Waals surface area contributed by atoms with Gasteiger partial charge in [0, 0.05) is 23.7 Å². The molecule has 1 N–H and O–H groups in total. The molecule has 0 unspecified atom stereocenters. The normalized spacial score (nSPS) is 11.3. The SMILES string of the molecule is Cc1ccc(-c2c(C)sc3nc(-c4cnn(C)c4)[nH]c(=O)c23)cc1. The fourth-order valence-corrected chi connectivity index (χ4v) is 3.91. The Morgan fingerprint density at radius 2 is 1.88 bits per heavy atom. The second-order valence-corrected chi connectivity index (χ2v) is 7.10. The van der Waals surface area contributed by atoms with Crippen molar-refractivity contribution in [2.75, 3.05) is 0 Å². The number of hydrogen-bond acceptors (Lipinski definition) is 4. The van der Waals surface area contributed by atoms with E-state index in [0.717, 1.165) is 26.4 Å². The van der Waals surface area contributed by atoms with E-state index < -0.39 is 0 Å². The van der Waals surface area contributed by atoms with Crippen molar-refractivity contribution in [1.29, 1.82) is 0 Å². The molecule has 1 aromatic carbocycles. The number of fused-ring (bicyclic) bond motifs is 1. The largest absolute Gasteiger partial charge is 0.306 e. The van der Waals surface area contributed by atoms with Crippen LogP contribution in [0.5, 0.6) is 0 Å². The molecule has 120 valence electrons. The summed E-state index contributed by atoms with van der Waals surface area (Å²) in [6, 6.07) is 8.23. The molecule has 4 aromatic rings.